The molecule has 23 heavy (non-hydrogen) atoms. The molecule has 0 aliphatic carbocycles. The number of carbonyl (C=O) groups excluding carboxylic acids is 3. The number of nitrogens with zero attached hydrogens (tertiary/aromatic N) is 2. The molecule has 3 rings (SSSR count). The monoisotopic (exact) mass is 316 g/mol. The van der Waals surface area contributed by atoms with Crippen LogP contribution in [0.25, 0.3) is 0 Å². The van der Waals surface area contributed by atoms with Gasteiger partial charge in [0.1, 0.15) is 13.1 Å². The standard InChI is InChI=1S/C16H20N4O3/c21-14(10-20-11-15(22)18-16(20)23)17-7-9-19-8-3-5-12-4-1-2-6-13(12)19/h1-2,4,6H,3,5,7-11H2,(H,17,21)(H,18,22,23). The van der Waals surface area contributed by atoms with Crippen molar-refractivity contribution in [3.8, 4) is 0 Å². The molecule has 0 spiro atoms. The minimum Gasteiger partial charge on any atom is -0.370 e. The Morgan fingerprint density at radius 1 is 1.22 bits per heavy atom. The van der Waals surface area contributed by atoms with Gasteiger partial charge in [0.05, 0.1) is 0 Å². The molecule has 122 valence electrons. The first kappa shape index (κ1) is 15.3. The summed E-state index contributed by atoms with van der Waals surface area (Å²) in [5, 5.41) is 4.96. The van der Waals surface area contributed by atoms with E-state index in [1.54, 1.807) is 0 Å². The van der Waals surface area contributed by atoms with Crippen LogP contribution in [0.1, 0.15) is 12.0 Å². The maximum absolute atomic E-state index is 11.9. The molecule has 2 N–H and O–H groups in total. The number of aryl methyl sites for hydroxylation is 1. The van der Waals surface area contributed by atoms with E-state index in [1.807, 2.05) is 12.1 Å². The lowest BCUT2D eigenvalue weighted by Gasteiger charge is -2.31. The Bertz CT molecular complexity index is 632. The van der Waals surface area contributed by atoms with Crippen LogP contribution in [-0.2, 0) is 16.0 Å². The second-order valence-corrected chi connectivity index (χ2v) is 5.78. The molecule has 0 radical (unpaired) electrons. The molecule has 2 heterocycles. The number of imide groups is 1. The molecular weight excluding hydrogens is 296 g/mol. The van der Waals surface area contributed by atoms with E-state index >= 15 is 0 Å². The first-order valence-corrected chi connectivity index (χ1v) is 7.82. The second kappa shape index (κ2) is 6.68. The van der Waals surface area contributed by atoms with Crippen LogP contribution in [0, 0.1) is 0 Å². The first-order valence-electron chi connectivity index (χ1n) is 7.82. The zero-order valence-corrected chi connectivity index (χ0v) is 12.9. The fraction of sp³-hybridized carbons (Fsp3) is 0.438. The Morgan fingerprint density at radius 2 is 2.04 bits per heavy atom. The highest BCUT2D eigenvalue weighted by molar-refractivity contribution is 6.03. The van der Waals surface area contributed by atoms with Crippen LogP contribution < -0.4 is 15.5 Å². The third kappa shape index (κ3) is 3.61. The maximum Gasteiger partial charge on any atom is 0.325 e. The summed E-state index contributed by atoms with van der Waals surface area (Å²) in [5.41, 5.74) is 2.58. The van der Waals surface area contributed by atoms with Gasteiger partial charge in [-0.2, -0.15) is 0 Å². The third-order valence-corrected chi connectivity index (χ3v) is 4.11. The van der Waals surface area contributed by atoms with Gasteiger partial charge in [-0.15, -0.1) is 0 Å². The molecule has 7 nitrogen and oxygen atoms in total. The largest absolute Gasteiger partial charge is 0.370 e. The number of hydrogen-bond donors (Lipinski definition) is 2. The van der Waals surface area contributed by atoms with Crippen LogP contribution in [-0.4, -0.2) is 55.5 Å². The highest BCUT2D eigenvalue weighted by Gasteiger charge is 2.28. The number of carbonyl (C=O) groups is 3. The Kier molecular flexibility index (Phi) is 4.45. The van der Waals surface area contributed by atoms with Gasteiger partial charge in [0.25, 0.3) is 0 Å². The zero-order valence-electron chi connectivity index (χ0n) is 12.9. The quantitative estimate of drug-likeness (QED) is 0.755. The number of para-hydroxylation sites is 1. The highest BCUT2D eigenvalue weighted by atomic mass is 16.2. The number of fused-ring (bicyclic) bond motifs is 1. The van der Waals surface area contributed by atoms with Crippen molar-refractivity contribution in [1.29, 1.82) is 0 Å². The summed E-state index contributed by atoms with van der Waals surface area (Å²) in [6.07, 6.45) is 2.21. The van der Waals surface area contributed by atoms with Crippen molar-refractivity contribution in [3.63, 3.8) is 0 Å². The lowest BCUT2D eigenvalue weighted by atomic mass is 10.0. The average Bonchev–Trinajstić information content (AvgIpc) is 2.85. The van der Waals surface area contributed by atoms with Gasteiger partial charge in [-0.05, 0) is 24.5 Å². The summed E-state index contributed by atoms with van der Waals surface area (Å²) < 4.78 is 0. The van der Waals surface area contributed by atoms with Gasteiger partial charge in [-0.1, -0.05) is 18.2 Å². The maximum atomic E-state index is 11.9. The summed E-state index contributed by atoms with van der Waals surface area (Å²) in [6, 6.07) is 7.82. The minimum absolute atomic E-state index is 0.0498. The normalized spacial score (nSPS) is 17.0. The number of rotatable bonds is 5. The van der Waals surface area contributed by atoms with Crippen LogP contribution in [0.15, 0.2) is 24.3 Å². The van der Waals surface area contributed by atoms with Gasteiger partial charge in [0.15, 0.2) is 0 Å². The summed E-state index contributed by atoms with van der Waals surface area (Å²) in [6.45, 7) is 2.08. The van der Waals surface area contributed by atoms with Crippen LogP contribution in [0.2, 0.25) is 0 Å². The van der Waals surface area contributed by atoms with Crippen molar-refractivity contribution in [1.82, 2.24) is 15.5 Å². The van der Waals surface area contributed by atoms with E-state index in [-0.39, 0.29) is 24.9 Å². The molecule has 2 aliphatic rings. The van der Waals surface area contributed by atoms with Gasteiger partial charge in [-0.25, -0.2) is 4.79 Å². The smallest absolute Gasteiger partial charge is 0.325 e. The summed E-state index contributed by atoms with van der Waals surface area (Å²) >= 11 is 0. The van der Waals surface area contributed by atoms with Crippen molar-refractivity contribution in [2.45, 2.75) is 12.8 Å². The van der Waals surface area contributed by atoms with Crippen molar-refractivity contribution in [2.75, 3.05) is 37.6 Å². The number of hydrogen-bond acceptors (Lipinski definition) is 4. The summed E-state index contributed by atoms with van der Waals surface area (Å²) in [7, 11) is 0. The molecule has 1 aromatic rings. The van der Waals surface area contributed by atoms with E-state index in [2.05, 4.69) is 27.7 Å². The highest BCUT2D eigenvalue weighted by Crippen LogP contribution is 2.25. The second-order valence-electron chi connectivity index (χ2n) is 5.78. The van der Waals surface area contributed by atoms with E-state index in [1.165, 1.54) is 16.2 Å². The van der Waals surface area contributed by atoms with Gasteiger partial charge in [0.2, 0.25) is 11.8 Å². The van der Waals surface area contributed by atoms with E-state index in [0.717, 1.165) is 25.9 Å². The number of anilines is 1. The molecule has 0 aromatic heterocycles. The van der Waals surface area contributed by atoms with Crippen molar-refractivity contribution < 1.29 is 14.4 Å². The Balaban J connectivity index is 1.46. The number of amides is 4. The number of benzene rings is 1. The molecule has 2 aliphatic heterocycles. The molecule has 0 unspecified atom stereocenters. The predicted molar refractivity (Wildman–Crippen MR) is 85.1 cm³/mol. The Morgan fingerprint density at radius 3 is 2.83 bits per heavy atom. The molecule has 1 aromatic carbocycles. The average molecular weight is 316 g/mol. The SMILES string of the molecule is O=C(CN1CC(=O)NC1=O)NCCN1CCCc2ccccc21. The van der Waals surface area contributed by atoms with Crippen LogP contribution >= 0.6 is 0 Å². The summed E-state index contributed by atoms with van der Waals surface area (Å²) in [4.78, 5) is 37.8. The first-order chi connectivity index (χ1) is 11.1. The third-order valence-electron chi connectivity index (χ3n) is 4.11. The Hall–Kier alpha value is -2.57. The number of nitrogens with one attached hydrogen (secondary N) is 2. The van der Waals surface area contributed by atoms with Gasteiger partial charge in [-0.3, -0.25) is 14.9 Å². The van der Waals surface area contributed by atoms with Crippen LogP contribution in [0.3, 0.4) is 0 Å². The molecule has 4 amide bonds. The molecular formula is C16H20N4O3. The Labute approximate surface area is 134 Å². The molecule has 0 saturated carbocycles. The van der Waals surface area contributed by atoms with Crippen molar-refractivity contribution >= 4 is 23.5 Å². The van der Waals surface area contributed by atoms with Crippen molar-refractivity contribution in [3.05, 3.63) is 29.8 Å². The molecule has 0 bridgehead atoms. The molecule has 0 atom stereocenters. The zero-order chi connectivity index (χ0) is 16.2. The fourth-order valence-electron chi connectivity index (χ4n) is 3.01. The van der Waals surface area contributed by atoms with E-state index in [0.29, 0.717) is 6.54 Å². The molecule has 1 fully saturated rings. The van der Waals surface area contributed by atoms with Gasteiger partial charge >= 0.3 is 6.03 Å². The van der Waals surface area contributed by atoms with Gasteiger partial charge < -0.3 is 15.1 Å². The van der Waals surface area contributed by atoms with E-state index in [4.69, 9.17) is 0 Å². The number of urea groups is 1. The molecule has 1 saturated heterocycles. The van der Waals surface area contributed by atoms with E-state index in [9.17, 15) is 14.4 Å². The van der Waals surface area contributed by atoms with Crippen molar-refractivity contribution in [2.24, 2.45) is 0 Å². The summed E-state index contributed by atoms with van der Waals surface area (Å²) in [5.74, 6) is -0.618. The lowest BCUT2D eigenvalue weighted by Crippen LogP contribution is -2.42. The van der Waals surface area contributed by atoms with E-state index < -0.39 is 6.03 Å². The predicted octanol–water partition coefficient (Wildman–Crippen LogP) is 0.107. The lowest BCUT2D eigenvalue weighted by molar-refractivity contribution is -0.121. The minimum atomic E-state index is -0.505. The fourth-order valence-corrected chi connectivity index (χ4v) is 3.01. The van der Waals surface area contributed by atoms with Crippen LogP contribution in [0.5, 0.6) is 0 Å². The molecule has 7 heteroatoms. The topological polar surface area (TPSA) is 81.8 Å². The van der Waals surface area contributed by atoms with Gasteiger partial charge in [0, 0.05) is 25.3 Å². The van der Waals surface area contributed by atoms with Crippen LogP contribution in [0.4, 0.5) is 10.5 Å².